The number of carboxylic acids is 1. The zero-order valence-corrected chi connectivity index (χ0v) is 37.4. The van der Waals surface area contributed by atoms with Gasteiger partial charge in [-0.25, -0.2) is 28.8 Å². The standard InChI is InChI=1S/2C16H23NO5.C9H17NO5.Pd.H2/c1-16(2,3)22-15(20)17-13(14(18)19)9-10-21-11-12-7-5-4-6-8-12;1-12(2)22-15(18)14(17-16(19)20-3)9-10-21-11-13-7-5-4-6-8-13;1-6(2)15-8(12)7(4-5-11)10-9(13)14-3;;/h4-8,13H,9-11H2,1-3H3,(H,17,20)(H,18,19);4-8,12,14H,9-11H2,1-3H3,(H,17,19);6-7,11H,4-5H2,1-3H3,(H,10,13);;1H/t13-;14-;7-;;/m000../s1. The Bertz CT molecular complexity index is 1520. The van der Waals surface area contributed by atoms with Crippen molar-refractivity contribution in [1.82, 2.24) is 16.0 Å². The summed E-state index contributed by atoms with van der Waals surface area (Å²) in [7, 11) is 2.44. The van der Waals surface area contributed by atoms with Gasteiger partial charge in [-0.1, -0.05) is 60.7 Å². The van der Waals surface area contributed by atoms with Crippen molar-refractivity contribution in [3.05, 3.63) is 71.8 Å². The molecule has 3 amide bonds. The van der Waals surface area contributed by atoms with Gasteiger partial charge in [0.05, 0.1) is 39.6 Å². The van der Waals surface area contributed by atoms with E-state index in [9.17, 15) is 28.8 Å². The summed E-state index contributed by atoms with van der Waals surface area (Å²) in [5, 5.41) is 24.9. The molecule has 2 aromatic carbocycles. The molecule has 0 saturated heterocycles. The van der Waals surface area contributed by atoms with Gasteiger partial charge in [-0.15, -0.1) is 0 Å². The SMILES string of the molecule is CC(C)(C)OC(=O)N[C@@H](CCOCc1ccccc1)C(=O)O.COC(=O)N[C@@H](CCO)C(=O)OC(C)C.COC(=O)N[C@@H](CCOCc1ccccc1)C(=O)OC(C)C.[HH].[Pd]. The third-order valence-electron chi connectivity index (χ3n) is 6.96. The molecular weight excluding hydrogens is 881 g/mol. The molecule has 0 aromatic heterocycles. The molecule has 0 aliphatic carbocycles. The number of carbonyl (C=O) groups excluding carboxylic acids is 5. The van der Waals surface area contributed by atoms with Crippen molar-refractivity contribution in [2.24, 2.45) is 0 Å². The number of nitrogens with one attached hydrogen (secondary N) is 3. The monoisotopic (exact) mass is 945 g/mol. The number of hydrogen-bond acceptors (Lipinski definition) is 14. The topological polar surface area (TPSA) is 244 Å². The number of carboxylic acid groups (broad SMARTS) is 1. The number of amides is 3. The van der Waals surface area contributed by atoms with Gasteiger partial charge in [0.15, 0.2) is 0 Å². The van der Waals surface area contributed by atoms with E-state index in [0.29, 0.717) is 26.2 Å². The second-order valence-corrected chi connectivity index (χ2v) is 14.1. The number of benzene rings is 2. The molecule has 0 spiro atoms. The molecule has 0 bridgehead atoms. The molecule has 0 radical (unpaired) electrons. The number of aliphatic hydroxyl groups excluding tert-OH is 1. The fraction of sp³-hybridized carbons (Fsp3) is 0.561. The van der Waals surface area contributed by atoms with Gasteiger partial charge in [0.25, 0.3) is 0 Å². The summed E-state index contributed by atoms with van der Waals surface area (Å²) in [5.74, 6) is -2.19. The maximum absolute atomic E-state index is 11.9. The number of aliphatic hydroxyl groups is 1. The minimum Gasteiger partial charge on any atom is -0.480 e. The summed E-state index contributed by atoms with van der Waals surface area (Å²) in [4.78, 5) is 68.2. The first-order chi connectivity index (χ1) is 27.8. The van der Waals surface area contributed by atoms with Gasteiger partial charge in [0.1, 0.15) is 23.7 Å². The van der Waals surface area contributed by atoms with Crippen LogP contribution in [-0.2, 0) is 81.2 Å². The van der Waals surface area contributed by atoms with E-state index in [1.54, 1.807) is 48.5 Å². The minimum atomic E-state index is -1.12. The van der Waals surface area contributed by atoms with Crippen molar-refractivity contribution in [1.29, 1.82) is 0 Å². The summed E-state index contributed by atoms with van der Waals surface area (Å²) in [5.41, 5.74) is 1.39. The smallest absolute Gasteiger partial charge is 0.408 e. The van der Waals surface area contributed by atoms with E-state index < -0.39 is 59.9 Å². The number of rotatable bonds is 20. The Labute approximate surface area is 367 Å². The average molecular weight is 946 g/mol. The molecule has 19 heteroatoms. The van der Waals surface area contributed by atoms with Gasteiger partial charge in [-0.3, -0.25) is 0 Å². The zero-order valence-electron chi connectivity index (χ0n) is 35.8. The molecule has 2 rings (SSSR count). The van der Waals surface area contributed by atoms with E-state index in [0.717, 1.165) is 11.1 Å². The number of esters is 2. The third-order valence-corrected chi connectivity index (χ3v) is 6.96. The fourth-order valence-corrected chi connectivity index (χ4v) is 4.30. The molecule has 3 atom stereocenters. The maximum Gasteiger partial charge on any atom is 0.408 e. The van der Waals surface area contributed by atoms with Crippen molar-refractivity contribution >= 4 is 36.2 Å². The molecular formula is C41H65N3O15Pd. The second kappa shape index (κ2) is 33.0. The molecule has 0 heterocycles. The van der Waals surface area contributed by atoms with Crippen molar-refractivity contribution in [3.63, 3.8) is 0 Å². The molecule has 2 aromatic rings. The maximum atomic E-state index is 11.9. The Balaban J connectivity index is -0.000000831. The number of hydrogen-bond donors (Lipinski definition) is 5. The van der Waals surface area contributed by atoms with E-state index in [-0.39, 0.29) is 60.1 Å². The summed E-state index contributed by atoms with van der Waals surface area (Å²) in [6.07, 6.45) is -2.08. The normalized spacial score (nSPS) is 11.9. The van der Waals surface area contributed by atoms with Crippen LogP contribution in [0.15, 0.2) is 60.7 Å². The molecule has 344 valence electrons. The van der Waals surface area contributed by atoms with Gasteiger partial charge >= 0.3 is 36.2 Å². The van der Waals surface area contributed by atoms with E-state index in [4.69, 9.17) is 33.9 Å². The van der Waals surface area contributed by atoms with Crippen LogP contribution in [0.25, 0.3) is 0 Å². The van der Waals surface area contributed by atoms with E-state index in [1.165, 1.54) is 14.2 Å². The predicted molar refractivity (Wildman–Crippen MR) is 217 cm³/mol. The van der Waals surface area contributed by atoms with E-state index >= 15 is 0 Å². The molecule has 0 fully saturated rings. The molecule has 0 saturated carbocycles. The van der Waals surface area contributed by atoms with Crippen LogP contribution < -0.4 is 16.0 Å². The van der Waals surface area contributed by atoms with Gasteiger partial charge < -0.3 is 59.3 Å². The molecule has 60 heavy (non-hydrogen) atoms. The molecule has 0 unspecified atom stereocenters. The number of methoxy groups -OCH3 is 2. The van der Waals surface area contributed by atoms with Crippen molar-refractivity contribution < 1.29 is 94.0 Å². The zero-order chi connectivity index (χ0) is 44.8. The first-order valence-electron chi connectivity index (χ1n) is 19.0. The average Bonchev–Trinajstić information content (AvgIpc) is 3.16. The summed E-state index contributed by atoms with van der Waals surface area (Å²) < 4.78 is 34.8. The van der Waals surface area contributed by atoms with Crippen LogP contribution >= 0.6 is 0 Å². The summed E-state index contributed by atoms with van der Waals surface area (Å²) in [6, 6.07) is 16.6. The van der Waals surface area contributed by atoms with Crippen LogP contribution in [0.4, 0.5) is 14.4 Å². The van der Waals surface area contributed by atoms with Crippen molar-refractivity contribution in [2.45, 2.75) is 117 Å². The van der Waals surface area contributed by atoms with Gasteiger partial charge in [-0.2, -0.15) is 0 Å². The number of ether oxygens (including phenoxy) is 7. The Morgan fingerprint density at radius 2 is 0.983 bits per heavy atom. The number of carbonyl (C=O) groups is 6. The van der Waals surface area contributed by atoms with E-state index in [1.807, 2.05) is 60.7 Å². The predicted octanol–water partition coefficient (Wildman–Crippen LogP) is 5.13. The van der Waals surface area contributed by atoms with Crippen LogP contribution in [0.1, 0.15) is 80.3 Å². The third kappa shape index (κ3) is 30.3. The van der Waals surface area contributed by atoms with Gasteiger partial charge in [0.2, 0.25) is 0 Å². The second-order valence-electron chi connectivity index (χ2n) is 14.1. The molecule has 0 aliphatic heterocycles. The van der Waals surface area contributed by atoms with Gasteiger partial charge in [0, 0.05) is 60.9 Å². The Hall–Kier alpha value is -4.80. The number of alkyl carbamates (subject to hydrolysis) is 3. The van der Waals surface area contributed by atoms with E-state index in [2.05, 4.69) is 25.4 Å². The molecule has 5 N–H and O–H groups in total. The van der Waals surface area contributed by atoms with Crippen LogP contribution in [-0.4, -0.2) is 116 Å². The Morgan fingerprint density at radius 3 is 1.32 bits per heavy atom. The van der Waals surface area contributed by atoms with Crippen molar-refractivity contribution in [3.8, 4) is 0 Å². The van der Waals surface area contributed by atoms with Gasteiger partial charge in [-0.05, 0) is 59.6 Å². The minimum absolute atomic E-state index is 0. The molecule has 0 aliphatic rings. The first kappa shape index (κ1) is 57.3. The Morgan fingerprint density at radius 1 is 0.617 bits per heavy atom. The summed E-state index contributed by atoms with van der Waals surface area (Å²) in [6.45, 7) is 13.2. The van der Waals surface area contributed by atoms with Crippen LogP contribution in [0.2, 0.25) is 0 Å². The van der Waals surface area contributed by atoms with Crippen LogP contribution in [0.3, 0.4) is 0 Å². The largest absolute Gasteiger partial charge is 0.480 e. The summed E-state index contributed by atoms with van der Waals surface area (Å²) >= 11 is 0. The van der Waals surface area contributed by atoms with Crippen LogP contribution in [0.5, 0.6) is 0 Å². The first-order valence-corrected chi connectivity index (χ1v) is 19.0. The number of aliphatic carboxylic acids is 1. The molecule has 18 nitrogen and oxygen atoms in total. The van der Waals surface area contributed by atoms with Crippen LogP contribution in [0, 0.1) is 0 Å². The fourth-order valence-electron chi connectivity index (χ4n) is 4.30. The quantitative estimate of drug-likeness (QED) is 0.0500. The Kier molecular flexibility index (Phi) is 31.5. The van der Waals surface area contributed by atoms with Crippen molar-refractivity contribution in [2.75, 3.05) is 34.0 Å².